The summed E-state index contributed by atoms with van der Waals surface area (Å²) in [7, 11) is -4.79. The monoisotopic (exact) mass is 762 g/mol. The molecule has 0 aliphatic rings. The molecule has 53 heavy (non-hydrogen) atoms. The average molecular weight is 763 g/mol. The highest BCUT2D eigenvalue weighted by molar-refractivity contribution is 7.46. The lowest BCUT2D eigenvalue weighted by molar-refractivity contribution is -0.161. The van der Waals surface area contributed by atoms with Crippen LogP contribution in [-0.4, -0.2) is 52.3 Å². The Morgan fingerprint density at radius 1 is 0.585 bits per heavy atom. The van der Waals surface area contributed by atoms with Gasteiger partial charge in [-0.25, -0.2) is 4.57 Å². The first-order chi connectivity index (χ1) is 25.7. The van der Waals surface area contributed by atoms with Gasteiger partial charge in [-0.05, 0) is 70.6 Å². The van der Waals surface area contributed by atoms with E-state index in [1.54, 1.807) is 0 Å². The van der Waals surface area contributed by atoms with Crippen molar-refractivity contribution in [2.24, 2.45) is 0 Å². The highest BCUT2D eigenvalue weighted by Crippen LogP contribution is 2.36. The lowest BCUT2D eigenvalue weighted by Crippen LogP contribution is -2.29. The third kappa shape index (κ3) is 40.2. The molecule has 3 N–H and O–H groups in total. The lowest BCUT2D eigenvalue weighted by atomic mass is 10.1. The molecule has 0 heterocycles. The highest BCUT2D eigenvalue weighted by Gasteiger charge is 2.22. The molecular formula is C43H71O9P. The second kappa shape index (κ2) is 37.5. The van der Waals surface area contributed by atoms with Crippen molar-refractivity contribution in [3.05, 3.63) is 85.1 Å². The first kappa shape index (κ1) is 50.2. The zero-order chi connectivity index (χ0) is 39.1. The minimum atomic E-state index is -4.79. The standard InChI is InChI=1S/C43H71O9P/c1-3-5-7-8-9-10-11-12-13-14-15-16-19-23-26-29-33-37-43(46)52-41(39-51-53(47,48)49)38-50-42(45)36-32-28-25-22-20-17-18-21-24-27-31-35-40(44)34-30-6-4-2/h12-13,15-18,22-27,31,35,40-41,44H,3-11,14,19-21,28-30,32-34,36-39H2,1-2H3,(H2,47,48,49)/b13-12-,16-15-,18-17-,25-22-,26-23-,27-24-,35-31+/t40-,41-/m1/s1. The van der Waals surface area contributed by atoms with Crippen LogP contribution >= 0.6 is 7.82 Å². The van der Waals surface area contributed by atoms with Gasteiger partial charge in [0, 0.05) is 12.8 Å². The zero-order valence-corrected chi connectivity index (χ0v) is 33.6. The van der Waals surface area contributed by atoms with Gasteiger partial charge in [0.05, 0.1) is 12.7 Å². The van der Waals surface area contributed by atoms with Gasteiger partial charge in [-0.2, -0.15) is 0 Å². The summed E-state index contributed by atoms with van der Waals surface area (Å²) in [4.78, 5) is 42.7. The van der Waals surface area contributed by atoms with Crippen LogP contribution in [0.2, 0.25) is 0 Å². The smallest absolute Gasteiger partial charge is 0.462 e. The molecule has 0 aromatic heterocycles. The molecule has 0 saturated heterocycles. The number of esters is 2. The number of allylic oxidation sites excluding steroid dienone is 13. The van der Waals surface area contributed by atoms with Crippen LogP contribution in [0.3, 0.4) is 0 Å². The van der Waals surface area contributed by atoms with Crippen LogP contribution in [0, 0.1) is 0 Å². The largest absolute Gasteiger partial charge is 0.469 e. The van der Waals surface area contributed by atoms with E-state index in [0.717, 1.165) is 57.8 Å². The number of phosphoric acid groups is 1. The van der Waals surface area contributed by atoms with E-state index in [2.05, 4.69) is 60.9 Å². The van der Waals surface area contributed by atoms with Crippen molar-refractivity contribution in [2.45, 2.75) is 161 Å². The molecule has 302 valence electrons. The van der Waals surface area contributed by atoms with Crippen LogP contribution in [0.5, 0.6) is 0 Å². The van der Waals surface area contributed by atoms with Gasteiger partial charge in [0.25, 0.3) is 0 Å². The van der Waals surface area contributed by atoms with E-state index in [1.807, 2.05) is 42.5 Å². The molecule has 10 heteroatoms. The third-order valence-corrected chi connectivity index (χ3v) is 8.48. The number of hydrogen-bond donors (Lipinski definition) is 3. The summed E-state index contributed by atoms with van der Waals surface area (Å²) in [6.45, 7) is 3.44. The minimum Gasteiger partial charge on any atom is -0.462 e. The fourth-order valence-electron chi connectivity index (χ4n) is 4.96. The van der Waals surface area contributed by atoms with Crippen LogP contribution in [0.4, 0.5) is 0 Å². The topological polar surface area (TPSA) is 140 Å². The van der Waals surface area contributed by atoms with Gasteiger partial charge in [0.1, 0.15) is 6.61 Å². The second-order valence-electron chi connectivity index (χ2n) is 13.1. The number of hydrogen-bond acceptors (Lipinski definition) is 7. The van der Waals surface area contributed by atoms with Crippen molar-refractivity contribution < 1.29 is 43.0 Å². The van der Waals surface area contributed by atoms with Crippen LogP contribution < -0.4 is 0 Å². The number of aliphatic hydroxyl groups is 1. The van der Waals surface area contributed by atoms with Gasteiger partial charge in [-0.3, -0.25) is 14.1 Å². The number of carbonyl (C=O) groups excluding carboxylic acids is 2. The normalized spacial score (nSPS) is 14.0. The molecule has 0 spiro atoms. The van der Waals surface area contributed by atoms with Crippen molar-refractivity contribution in [3.63, 3.8) is 0 Å². The zero-order valence-electron chi connectivity index (χ0n) is 32.7. The van der Waals surface area contributed by atoms with Crippen molar-refractivity contribution in [3.8, 4) is 0 Å². The van der Waals surface area contributed by atoms with Crippen LogP contribution in [-0.2, 0) is 28.2 Å². The molecule has 0 saturated carbocycles. The van der Waals surface area contributed by atoms with Crippen LogP contribution in [0.1, 0.15) is 149 Å². The molecule has 0 aromatic rings. The molecule has 0 bridgehead atoms. The van der Waals surface area contributed by atoms with Gasteiger partial charge in [-0.1, -0.05) is 150 Å². The summed E-state index contributed by atoms with van der Waals surface area (Å²) in [6, 6.07) is 0. The molecule has 2 atom stereocenters. The molecule has 0 aliphatic carbocycles. The highest BCUT2D eigenvalue weighted by atomic mass is 31.2. The van der Waals surface area contributed by atoms with E-state index in [9.17, 15) is 19.3 Å². The van der Waals surface area contributed by atoms with Gasteiger partial charge in [0.15, 0.2) is 6.10 Å². The molecule has 0 radical (unpaired) electrons. The molecule has 0 unspecified atom stereocenters. The number of ether oxygens (including phenoxy) is 2. The van der Waals surface area contributed by atoms with Crippen molar-refractivity contribution in [1.29, 1.82) is 0 Å². The van der Waals surface area contributed by atoms with Gasteiger partial charge in [-0.15, -0.1) is 0 Å². The van der Waals surface area contributed by atoms with E-state index in [4.69, 9.17) is 19.3 Å². The Balaban J connectivity index is 4.19. The summed E-state index contributed by atoms with van der Waals surface area (Å²) in [5.41, 5.74) is 0. The molecule has 0 rings (SSSR count). The fraction of sp³-hybridized carbons (Fsp3) is 0.628. The van der Waals surface area contributed by atoms with E-state index in [0.29, 0.717) is 25.7 Å². The fourth-order valence-corrected chi connectivity index (χ4v) is 5.32. The number of aliphatic hydroxyl groups excluding tert-OH is 1. The maximum absolute atomic E-state index is 12.4. The average Bonchev–Trinajstić information content (AvgIpc) is 3.12. The summed E-state index contributed by atoms with van der Waals surface area (Å²) in [5, 5.41) is 9.86. The molecule has 0 amide bonds. The van der Waals surface area contributed by atoms with Gasteiger partial charge in [0.2, 0.25) is 0 Å². The third-order valence-electron chi connectivity index (χ3n) is 7.99. The predicted octanol–water partition coefficient (Wildman–Crippen LogP) is 11.0. The Bertz CT molecular complexity index is 1150. The van der Waals surface area contributed by atoms with E-state index in [1.165, 1.54) is 38.5 Å². The maximum Gasteiger partial charge on any atom is 0.469 e. The molecule has 0 aliphatic heterocycles. The Morgan fingerprint density at radius 2 is 1.08 bits per heavy atom. The first-order valence-electron chi connectivity index (χ1n) is 20.0. The van der Waals surface area contributed by atoms with Gasteiger partial charge >= 0.3 is 19.8 Å². The van der Waals surface area contributed by atoms with Crippen molar-refractivity contribution >= 4 is 19.8 Å². The Kier molecular flexibility index (Phi) is 35.5. The summed E-state index contributed by atoms with van der Waals surface area (Å²) in [5.74, 6) is -1.05. The van der Waals surface area contributed by atoms with Crippen LogP contribution in [0.15, 0.2) is 85.1 Å². The SMILES string of the molecule is CCCCCCCC/C=C\C/C=C\C/C=C\CCCC(=O)O[C@H](COC(=O)CCC/C=C\C/C=C\C/C=C\C=C\[C@H](O)CCCCC)COP(=O)(O)O. The molecular weight excluding hydrogens is 691 g/mol. The second-order valence-corrected chi connectivity index (χ2v) is 14.3. The van der Waals surface area contributed by atoms with E-state index in [-0.39, 0.29) is 25.6 Å². The summed E-state index contributed by atoms with van der Waals surface area (Å²) >= 11 is 0. The van der Waals surface area contributed by atoms with Crippen molar-refractivity contribution in [2.75, 3.05) is 13.2 Å². The molecule has 0 fully saturated rings. The Labute approximate surface area is 321 Å². The van der Waals surface area contributed by atoms with E-state index >= 15 is 0 Å². The minimum absolute atomic E-state index is 0.115. The summed E-state index contributed by atoms with van der Waals surface area (Å²) in [6.07, 6.45) is 46.4. The summed E-state index contributed by atoms with van der Waals surface area (Å²) < 4.78 is 26.2. The van der Waals surface area contributed by atoms with Crippen molar-refractivity contribution in [1.82, 2.24) is 0 Å². The molecule has 9 nitrogen and oxygen atoms in total. The quantitative estimate of drug-likeness (QED) is 0.0189. The number of unbranched alkanes of at least 4 members (excludes halogenated alkanes) is 10. The first-order valence-corrected chi connectivity index (χ1v) is 21.5. The number of phosphoric ester groups is 1. The van der Waals surface area contributed by atoms with Crippen LogP contribution in [0.25, 0.3) is 0 Å². The number of rotatable bonds is 35. The maximum atomic E-state index is 12.4. The number of carbonyl (C=O) groups is 2. The molecule has 0 aromatic carbocycles. The Hall–Kier alpha value is -2.81. The van der Waals surface area contributed by atoms with Gasteiger partial charge < -0.3 is 24.4 Å². The Morgan fingerprint density at radius 3 is 1.66 bits per heavy atom. The van der Waals surface area contributed by atoms with E-state index < -0.39 is 32.5 Å². The predicted molar refractivity (Wildman–Crippen MR) is 217 cm³/mol. The lowest BCUT2D eigenvalue weighted by Gasteiger charge is -2.18.